The van der Waals surface area contributed by atoms with Gasteiger partial charge in [-0.2, -0.15) is 0 Å². The summed E-state index contributed by atoms with van der Waals surface area (Å²) in [5, 5.41) is 9.20. The van der Waals surface area contributed by atoms with Gasteiger partial charge in [-0.1, -0.05) is 20.8 Å². The molecule has 0 aromatic carbocycles. The Hall–Kier alpha value is -0.0800. The van der Waals surface area contributed by atoms with Crippen molar-refractivity contribution in [1.29, 1.82) is 0 Å². The monoisotopic (exact) mass is 185 g/mol. The summed E-state index contributed by atoms with van der Waals surface area (Å²) in [5.41, 5.74) is 0.202. The van der Waals surface area contributed by atoms with E-state index in [1.807, 2.05) is 0 Å². The first-order valence-corrected chi connectivity index (χ1v) is 5.39. The predicted octanol–water partition coefficient (Wildman–Crippen LogP) is 1.74. The molecule has 0 aliphatic carbocycles. The SMILES string of the molecule is CC(C)CN1CCC(C)(CO)CC1. The van der Waals surface area contributed by atoms with Crippen molar-refractivity contribution in [3.63, 3.8) is 0 Å². The second kappa shape index (κ2) is 4.43. The largest absolute Gasteiger partial charge is 0.396 e. The zero-order valence-corrected chi connectivity index (χ0v) is 9.21. The highest BCUT2D eigenvalue weighted by Crippen LogP contribution is 2.30. The lowest BCUT2D eigenvalue weighted by Gasteiger charge is -2.38. The molecule has 0 radical (unpaired) electrons. The van der Waals surface area contributed by atoms with E-state index in [2.05, 4.69) is 25.7 Å². The third-order valence-electron chi connectivity index (χ3n) is 3.07. The van der Waals surface area contributed by atoms with Crippen LogP contribution in [0.2, 0.25) is 0 Å². The zero-order valence-electron chi connectivity index (χ0n) is 9.21. The van der Waals surface area contributed by atoms with Crippen molar-refractivity contribution >= 4 is 0 Å². The Labute approximate surface area is 81.9 Å². The lowest BCUT2D eigenvalue weighted by Crippen LogP contribution is -2.41. The van der Waals surface area contributed by atoms with Crippen LogP contribution in [0.3, 0.4) is 0 Å². The van der Waals surface area contributed by atoms with Crippen LogP contribution in [0.4, 0.5) is 0 Å². The topological polar surface area (TPSA) is 23.5 Å². The van der Waals surface area contributed by atoms with E-state index in [1.165, 1.54) is 6.54 Å². The number of aliphatic hydroxyl groups excluding tert-OH is 1. The Morgan fingerprint density at radius 1 is 1.31 bits per heavy atom. The smallest absolute Gasteiger partial charge is 0.0485 e. The van der Waals surface area contributed by atoms with Gasteiger partial charge in [-0.15, -0.1) is 0 Å². The van der Waals surface area contributed by atoms with E-state index >= 15 is 0 Å². The maximum absolute atomic E-state index is 9.20. The molecular formula is C11H23NO. The van der Waals surface area contributed by atoms with Crippen molar-refractivity contribution < 1.29 is 5.11 Å². The molecule has 0 spiro atoms. The van der Waals surface area contributed by atoms with Crippen molar-refractivity contribution in [2.45, 2.75) is 33.6 Å². The number of likely N-dealkylation sites (tertiary alicyclic amines) is 1. The number of rotatable bonds is 3. The molecule has 78 valence electrons. The first-order valence-electron chi connectivity index (χ1n) is 5.39. The predicted molar refractivity (Wildman–Crippen MR) is 55.7 cm³/mol. The molecule has 1 fully saturated rings. The lowest BCUT2D eigenvalue weighted by molar-refractivity contribution is 0.0543. The maximum atomic E-state index is 9.20. The van der Waals surface area contributed by atoms with Gasteiger partial charge >= 0.3 is 0 Å². The van der Waals surface area contributed by atoms with Gasteiger partial charge < -0.3 is 10.0 Å². The summed E-state index contributed by atoms with van der Waals surface area (Å²) in [6.07, 6.45) is 2.30. The van der Waals surface area contributed by atoms with Crippen molar-refractivity contribution in [2.24, 2.45) is 11.3 Å². The lowest BCUT2D eigenvalue weighted by atomic mass is 9.81. The molecule has 1 N–H and O–H groups in total. The third kappa shape index (κ3) is 3.28. The minimum Gasteiger partial charge on any atom is -0.396 e. The van der Waals surface area contributed by atoms with Crippen LogP contribution < -0.4 is 0 Å². The molecule has 13 heavy (non-hydrogen) atoms. The first kappa shape index (κ1) is 11.0. The third-order valence-corrected chi connectivity index (χ3v) is 3.07. The minimum atomic E-state index is 0.202. The number of nitrogens with zero attached hydrogens (tertiary/aromatic N) is 1. The quantitative estimate of drug-likeness (QED) is 0.724. The molecule has 0 saturated carbocycles. The fraction of sp³-hybridized carbons (Fsp3) is 1.00. The van der Waals surface area contributed by atoms with E-state index in [0.29, 0.717) is 6.61 Å². The molecular weight excluding hydrogens is 162 g/mol. The number of hydrogen-bond donors (Lipinski definition) is 1. The van der Waals surface area contributed by atoms with Crippen molar-refractivity contribution in [3.8, 4) is 0 Å². The molecule has 0 amide bonds. The Morgan fingerprint density at radius 2 is 1.85 bits per heavy atom. The highest BCUT2D eigenvalue weighted by Gasteiger charge is 2.29. The van der Waals surface area contributed by atoms with Crippen LogP contribution in [-0.2, 0) is 0 Å². The van der Waals surface area contributed by atoms with Crippen LogP contribution >= 0.6 is 0 Å². The molecule has 1 saturated heterocycles. The van der Waals surface area contributed by atoms with Gasteiger partial charge in [0, 0.05) is 13.2 Å². The average Bonchev–Trinajstić information content (AvgIpc) is 2.09. The zero-order chi connectivity index (χ0) is 9.90. The van der Waals surface area contributed by atoms with Gasteiger partial charge in [-0.25, -0.2) is 0 Å². The standard InChI is InChI=1S/C11H23NO/c1-10(2)8-12-6-4-11(3,9-13)5-7-12/h10,13H,4-9H2,1-3H3. The van der Waals surface area contributed by atoms with E-state index < -0.39 is 0 Å². The normalized spacial score (nSPS) is 23.8. The highest BCUT2D eigenvalue weighted by atomic mass is 16.3. The fourth-order valence-electron chi connectivity index (χ4n) is 1.95. The molecule has 2 nitrogen and oxygen atoms in total. The van der Waals surface area contributed by atoms with E-state index in [0.717, 1.165) is 31.8 Å². The van der Waals surface area contributed by atoms with Crippen molar-refractivity contribution in [1.82, 2.24) is 4.90 Å². The van der Waals surface area contributed by atoms with Gasteiger partial charge in [-0.3, -0.25) is 0 Å². The molecule has 0 bridgehead atoms. The van der Waals surface area contributed by atoms with Crippen molar-refractivity contribution in [2.75, 3.05) is 26.2 Å². The molecule has 0 atom stereocenters. The second-order valence-electron chi connectivity index (χ2n) is 5.16. The number of aliphatic hydroxyl groups is 1. The molecule has 0 unspecified atom stereocenters. The number of hydrogen-bond acceptors (Lipinski definition) is 2. The molecule has 1 rings (SSSR count). The Balaban J connectivity index is 2.30. The molecule has 1 aliphatic rings. The summed E-state index contributed by atoms with van der Waals surface area (Å²) >= 11 is 0. The summed E-state index contributed by atoms with van der Waals surface area (Å²) in [7, 11) is 0. The molecule has 0 aromatic rings. The van der Waals surface area contributed by atoms with E-state index in [1.54, 1.807) is 0 Å². The summed E-state index contributed by atoms with van der Waals surface area (Å²) < 4.78 is 0. The van der Waals surface area contributed by atoms with Crippen LogP contribution in [0.25, 0.3) is 0 Å². The average molecular weight is 185 g/mol. The van der Waals surface area contributed by atoms with Gasteiger partial charge in [0.15, 0.2) is 0 Å². The molecule has 1 aliphatic heterocycles. The van der Waals surface area contributed by atoms with Gasteiger partial charge in [0.25, 0.3) is 0 Å². The molecule has 0 aromatic heterocycles. The van der Waals surface area contributed by atoms with Crippen LogP contribution in [0.1, 0.15) is 33.6 Å². The van der Waals surface area contributed by atoms with Crippen LogP contribution in [0, 0.1) is 11.3 Å². The first-order chi connectivity index (χ1) is 6.06. The number of piperidine rings is 1. The van der Waals surface area contributed by atoms with Gasteiger partial charge in [-0.05, 0) is 37.3 Å². The Morgan fingerprint density at radius 3 is 2.23 bits per heavy atom. The summed E-state index contributed by atoms with van der Waals surface area (Å²) in [6.45, 7) is 10.6. The summed E-state index contributed by atoms with van der Waals surface area (Å²) in [4.78, 5) is 2.52. The van der Waals surface area contributed by atoms with Crippen LogP contribution in [0.5, 0.6) is 0 Å². The highest BCUT2D eigenvalue weighted by molar-refractivity contribution is 4.81. The summed E-state index contributed by atoms with van der Waals surface area (Å²) in [5.74, 6) is 0.762. The second-order valence-corrected chi connectivity index (χ2v) is 5.16. The molecule has 2 heteroatoms. The van der Waals surface area contributed by atoms with Gasteiger partial charge in [0.2, 0.25) is 0 Å². The van der Waals surface area contributed by atoms with E-state index in [9.17, 15) is 5.11 Å². The maximum Gasteiger partial charge on any atom is 0.0485 e. The Bertz CT molecular complexity index is 148. The van der Waals surface area contributed by atoms with Crippen LogP contribution in [0.15, 0.2) is 0 Å². The van der Waals surface area contributed by atoms with Crippen molar-refractivity contribution in [3.05, 3.63) is 0 Å². The summed E-state index contributed by atoms with van der Waals surface area (Å²) in [6, 6.07) is 0. The Kier molecular flexibility index (Phi) is 3.74. The van der Waals surface area contributed by atoms with E-state index in [4.69, 9.17) is 0 Å². The minimum absolute atomic E-state index is 0.202. The van der Waals surface area contributed by atoms with E-state index in [-0.39, 0.29) is 5.41 Å². The molecule has 1 heterocycles. The van der Waals surface area contributed by atoms with Gasteiger partial charge in [0.1, 0.15) is 0 Å². The van der Waals surface area contributed by atoms with Crippen LogP contribution in [-0.4, -0.2) is 36.2 Å². The fourth-order valence-corrected chi connectivity index (χ4v) is 1.95. The van der Waals surface area contributed by atoms with Gasteiger partial charge in [0.05, 0.1) is 0 Å².